The fourth-order valence-electron chi connectivity index (χ4n) is 2.18. The summed E-state index contributed by atoms with van der Waals surface area (Å²) in [6.07, 6.45) is 2.38. The Balaban J connectivity index is 2.04. The van der Waals surface area contributed by atoms with Gasteiger partial charge in [0.15, 0.2) is 6.10 Å². The predicted molar refractivity (Wildman–Crippen MR) is 85.7 cm³/mol. The molecule has 0 aromatic heterocycles. The molecule has 1 unspecified atom stereocenters. The average molecular weight is 394 g/mol. The number of ether oxygens (including phenoxy) is 1. The van der Waals surface area contributed by atoms with Gasteiger partial charge < -0.3 is 4.74 Å². The highest BCUT2D eigenvalue weighted by Crippen LogP contribution is 2.37. The zero-order valence-electron chi connectivity index (χ0n) is 10.3. The third-order valence-electron chi connectivity index (χ3n) is 3.15. The Morgan fingerprint density at radius 3 is 2.40 bits per heavy atom. The Morgan fingerprint density at radius 2 is 1.70 bits per heavy atom. The molecule has 1 atom stereocenters. The second-order valence-electron chi connectivity index (χ2n) is 4.49. The summed E-state index contributed by atoms with van der Waals surface area (Å²) in [6.45, 7) is 0. The van der Waals surface area contributed by atoms with Gasteiger partial charge in [-0.1, -0.05) is 44.0 Å². The fourth-order valence-corrected chi connectivity index (χ4v) is 2.83. The van der Waals surface area contributed by atoms with Crippen molar-refractivity contribution in [2.24, 2.45) is 0 Å². The van der Waals surface area contributed by atoms with Gasteiger partial charge in [0.05, 0.1) is 0 Å². The monoisotopic (exact) mass is 392 g/mol. The van der Waals surface area contributed by atoms with E-state index in [0.29, 0.717) is 5.57 Å². The topological polar surface area (TPSA) is 26.3 Å². The number of aldehydes is 1. The normalized spacial score (nSPS) is 16.9. The maximum Gasteiger partial charge on any atom is 0.152 e. The zero-order chi connectivity index (χ0) is 14.1. The Morgan fingerprint density at radius 1 is 1.00 bits per heavy atom. The Bertz CT molecular complexity index is 690. The van der Waals surface area contributed by atoms with E-state index in [1.165, 1.54) is 0 Å². The molecule has 0 spiro atoms. The lowest BCUT2D eigenvalue weighted by atomic mass is 9.97. The molecule has 0 amide bonds. The van der Waals surface area contributed by atoms with Gasteiger partial charge in [0, 0.05) is 20.1 Å². The summed E-state index contributed by atoms with van der Waals surface area (Å²) in [4.78, 5) is 11.3. The predicted octanol–water partition coefficient (Wildman–Crippen LogP) is 4.93. The van der Waals surface area contributed by atoms with Crippen molar-refractivity contribution < 1.29 is 9.53 Å². The Kier molecular flexibility index (Phi) is 3.76. The number of benzene rings is 2. The van der Waals surface area contributed by atoms with Gasteiger partial charge in [-0.3, -0.25) is 4.79 Å². The van der Waals surface area contributed by atoms with Crippen molar-refractivity contribution in [3.05, 3.63) is 68.1 Å². The molecule has 0 fully saturated rings. The molecule has 0 aliphatic carbocycles. The SMILES string of the molecule is O=CC1=Cc2cc(Br)ccc2OC1c1ccc(Br)cc1. The highest BCUT2D eigenvalue weighted by Gasteiger charge is 2.24. The van der Waals surface area contributed by atoms with Crippen molar-refractivity contribution in [2.45, 2.75) is 6.10 Å². The molecule has 0 bridgehead atoms. The number of carbonyl (C=O) groups excluding carboxylic acids is 1. The second-order valence-corrected chi connectivity index (χ2v) is 6.33. The van der Waals surface area contributed by atoms with E-state index in [0.717, 1.165) is 32.1 Å². The molecule has 2 aromatic carbocycles. The molecule has 100 valence electrons. The van der Waals surface area contributed by atoms with Gasteiger partial charge in [0.1, 0.15) is 12.0 Å². The van der Waals surface area contributed by atoms with Crippen LogP contribution in [0.15, 0.2) is 57.0 Å². The van der Waals surface area contributed by atoms with Crippen molar-refractivity contribution in [2.75, 3.05) is 0 Å². The van der Waals surface area contributed by atoms with E-state index in [2.05, 4.69) is 31.9 Å². The molecule has 3 rings (SSSR count). The summed E-state index contributed by atoms with van der Waals surface area (Å²) in [5, 5.41) is 0. The first-order chi connectivity index (χ1) is 9.67. The van der Waals surface area contributed by atoms with Crippen LogP contribution in [0.2, 0.25) is 0 Å². The maximum absolute atomic E-state index is 11.3. The van der Waals surface area contributed by atoms with Gasteiger partial charge in [-0.2, -0.15) is 0 Å². The van der Waals surface area contributed by atoms with Crippen LogP contribution in [0.3, 0.4) is 0 Å². The van der Waals surface area contributed by atoms with Crippen LogP contribution in [0, 0.1) is 0 Å². The molecule has 1 aliphatic heterocycles. The van der Waals surface area contributed by atoms with Crippen molar-refractivity contribution in [3.63, 3.8) is 0 Å². The molecule has 2 nitrogen and oxygen atoms in total. The third-order valence-corrected chi connectivity index (χ3v) is 4.17. The minimum Gasteiger partial charge on any atom is -0.480 e. The first-order valence-electron chi connectivity index (χ1n) is 6.06. The van der Waals surface area contributed by atoms with E-state index in [1.807, 2.05) is 48.5 Å². The molecular weight excluding hydrogens is 384 g/mol. The lowest BCUT2D eigenvalue weighted by molar-refractivity contribution is -0.105. The van der Waals surface area contributed by atoms with E-state index in [4.69, 9.17) is 4.74 Å². The number of hydrogen-bond donors (Lipinski definition) is 0. The summed E-state index contributed by atoms with van der Waals surface area (Å²) < 4.78 is 7.94. The molecule has 0 N–H and O–H groups in total. The minimum atomic E-state index is -0.353. The molecular formula is C16H10Br2O2. The number of hydrogen-bond acceptors (Lipinski definition) is 2. The molecule has 0 saturated carbocycles. The van der Waals surface area contributed by atoms with Crippen molar-refractivity contribution in [1.82, 2.24) is 0 Å². The van der Waals surface area contributed by atoms with Crippen LogP contribution >= 0.6 is 31.9 Å². The second kappa shape index (κ2) is 5.54. The quantitative estimate of drug-likeness (QED) is 0.676. The lowest BCUT2D eigenvalue weighted by Gasteiger charge is -2.25. The van der Waals surface area contributed by atoms with Crippen LogP contribution in [-0.4, -0.2) is 6.29 Å². The molecule has 0 saturated heterocycles. The molecule has 20 heavy (non-hydrogen) atoms. The first kappa shape index (κ1) is 13.6. The number of fused-ring (bicyclic) bond motifs is 1. The zero-order valence-corrected chi connectivity index (χ0v) is 13.5. The maximum atomic E-state index is 11.3. The first-order valence-corrected chi connectivity index (χ1v) is 7.64. The minimum absolute atomic E-state index is 0.353. The van der Waals surface area contributed by atoms with Crippen molar-refractivity contribution in [1.29, 1.82) is 0 Å². The number of halogens is 2. The Hall–Kier alpha value is -1.39. The smallest absolute Gasteiger partial charge is 0.152 e. The fraction of sp³-hybridized carbons (Fsp3) is 0.0625. The van der Waals surface area contributed by atoms with Gasteiger partial charge in [-0.25, -0.2) is 0 Å². The largest absolute Gasteiger partial charge is 0.480 e. The number of rotatable bonds is 2. The standard InChI is InChI=1S/C16H10Br2O2/c17-13-3-1-10(2-4-13)16-12(9-19)7-11-8-14(18)5-6-15(11)20-16/h1-9,16H. The molecule has 0 radical (unpaired) electrons. The van der Waals surface area contributed by atoms with Crippen LogP contribution in [0.25, 0.3) is 6.08 Å². The molecule has 1 heterocycles. The summed E-state index contributed by atoms with van der Waals surface area (Å²) >= 11 is 6.83. The van der Waals surface area contributed by atoms with Crippen molar-refractivity contribution >= 4 is 44.2 Å². The summed E-state index contributed by atoms with van der Waals surface area (Å²) in [6, 6.07) is 13.6. The highest BCUT2D eigenvalue weighted by atomic mass is 79.9. The van der Waals surface area contributed by atoms with E-state index in [1.54, 1.807) is 0 Å². The van der Waals surface area contributed by atoms with Gasteiger partial charge in [0.2, 0.25) is 0 Å². The van der Waals surface area contributed by atoms with Gasteiger partial charge in [0.25, 0.3) is 0 Å². The lowest BCUT2D eigenvalue weighted by Crippen LogP contribution is -2.15. The van der Waals surface area contributed by atoms with Gasteiger partial charge in [-0.15, -0.1) is 0 Å². The van der Waals surface area contributed by atoms with Crippen LogP contribution in [-0.2, 0) is 4.79 Å². The number of carbonyl (C=O) groups is 1. The summed E-state index contributed by atoms with van der Waals surface area (Å²) in [5.74, 6) is 0.784. The van der Waals surface area contributed by atoms with E-state index >= 15 is 0 Å². The molecule has 1 aliphatic rings. The van der Waals surface area contributed by atoms with Crippen LogP contribution in [0.5, 0.6) is 5.75 Å². The van der Waals surface area contributed by atoms with Crippen molar-refractivity contribution in [3.8, 4) is 5.75 Å². The molecule has 2 aromatic rings. The highest BCUT2D eigenvalue weighted by molar-refractivity contribution is 9.10. The summed E-state index contributed by atoms with van der Waals surface area (Å²) in [7, 11) is 0. The van der Waals surface area contributed by atoms with Crippen LogP contribution in [0.4, 0.5) is 0 Å². The Labute approximate surface area is 133 Å². The molecule has 4 heteroatoms. The van der Waals surface area contributed by atoms with Gasteiger partial charge >= 0.3 is 0 Å². The average Bonchev–Trinajstić information content (AvgIpc) is 2.46. The third kappa shape index (κ3) is 2.58. The van der Waals surface area contributed by atoms with E-state index in [-0.39, 0.29) is 6.10 Å². The van der Waals surface area contributed by atoms with E-state index < -0.39 is 0 Å². The van der Waals surface area contributed by atoms with E-state index in [9.17, 15) is 4.79 Å². The van der Waals surface area contributed by atoms with Crippen LogP contribution in [0.1, 0.15) is 17.2 Å². The van der Waals surface area contributed by atoms with Gasteiger partial charge in [-0.05, 0) is 42.0 Å². The summed E-state index contributed by atoms with van der Waals surface area (Å²) in [5.41, 5.74) is 2.49. The van der Waals surface area contributed by atoms with Crippen LogP contribution < -0.4 is 4.74 Å².